The van der Waals surface area contributed by atoms with E-state index in [2.05, 4.69) is 32.1 Å². The highest BCUT2D eigenvalue weighted by Gasteiger charge is 2.21. The first-order chi connectivity index (χ1) is 14.2. The predicted octanol–water partition coefficient (Wildman–Crippen LogP) is 4.83. The Hall–Kier alpha value is -2.03. The molecule has 154 valence electrons. The lowest BCUT2D eigenvalue weighted by Crippen LogP contribution is -2.17. The molecule has 0 spiro atoms. The fourth-order valence-electron chi connectivity index (χ4n) is 3.74. The summed E-state index contributed by atoms with van der Waals surface area (Å²) in [6.07, 6.45) is 11.9. The molecule has 8 heteroatoms. The Balaban J connectivity index is 1.59. The summed E-state index contributed by atoms with van der Waals surface area (Å²) in [4.78, 5) is 13.9. The minimum atomic E-state index is -1.26. The summed E-state index contributed by atoms with van der Waals surface area (Å²) in [5.74, 6) is 1.31. The van der Waals surface area contributed by atoms with E-state index in [0.29, 0.717) is 19.0 Å². The maximum atomic E-state index is 12.9. The highest BCUT2D eigenvalue weighted by Crippen LogP contribution is 2.39. The zero-order valence-electron chi connectivity index (χ0n) is 16.6. The van der Waals surface area contributed by atoms with Crippen molar-refractivity contribution in [2.75, 3.05) is 11.9 Å². The molecular weight excluding hydrogens is 402 g/mol. The molecule has 3 aromatic rings. The second-order valence-electron chi connectivity index (χ2n) is 7.29. The highest BCUT2D eigenvalue weighted by atomic mass is 32.2. The second kappa shape index (κ2) is 9.65. The predicted molar refractivity (Wildman–Crippen MR) is 119 cm³/mol. The molecule has 1 atom stereocenters. The molecule has 0 saturated heterocycles. The fraction of sp³-hybridized carbons (Fsp3) is 0.429. The molecule has 1 saturated carbocycles. The molecule has 6 nitrogen and oxygen atoms in total. The first-order valence-corrected chi connectivity index (χ1v) is 12.2. The van der Waals surface area contributed by atoms with Crippen molar-refractivity contribution in [2.45, 2.75) is 56.4 Å². The molecule has 29 heavy (non-hydrogen) atoms. The van der Waals surface area contributed by atoms with E-state index in [1.807, 2.05) is 19.2 Å². The first-order valence-electron chi connectivity index (χ1n) is 10.2. The Morgan fingerprint density at radius 1 is 1.24 bits per heavy atom. The number of aromatic amines is 1. The van der Waals surface area contributed by atoms with Gasteiger partial charge in [-0.2, -0.15) is 0 Å². The van der Waals surface area contributed by atoms with Gasteiger partial charge in [0.2, 0.25) is 0 Å². The van der Waals surface area contributed by atoms with E-state index < -0.39 is 11.0 Å². The largest absolute Gasteiger partial charge is 0.352 e. The number of hydrogen-bond donors (Lipinski definition) is 3. The van der Waals surface area contributed by atoms with E-state index in [-0.39, 0.29) is 0 Å². The van der Waals surface area contributed by atoms with Gasteiger partial charge in [-0.15, -0.1) is 11.3 Å². The monoisotopic (exact) mass is 429 g/mol. The van der Waals surface area contributed by atoms with Gasteiger partial charge in [0.05, 0.1) is 14.8 Å². The molecule has 0 radical (unpaired) electrons. The minimum Gasteiger partial charge on any atom is -0.352 e. The van der Waals surface area contributed by atoms with Crippen LogP contribution in [0, 0.1) is 0 Å². The van der Waals surface area contributed by atoms with Crippen molar-refractivity contribution >= 4 is 28.3 Å². The number of aromatic nitrogens is 3. The van der Waals surface area contributed by atoms with Crippen molar-refractivity contribution in [1.82, 2.24) is 19.7 Å². The Labute approximate surface area is 178 Å². The smallest absolute Gasteiger partial charge is 0.200 e. The molecule has 2 aromatic heterocycles. The van der Waals surface area contributed by atoms with Crippen molar-refractivity contribution in [3.8, 4) is 10.4 Å². The van der Waals surface area contributed by atoms with Crippen LogP contribution in [0.5, 0.6) is 0 Å². The van der Waals surface area contributed by atoms with Crippen molar-refractivity contribution < 1.29 is 4.21 Å². The normalized spacial score (nSPS) is 16.0. The lowest BCUT2D eigenvalue weighted by Gasteiger charge is -2.18. The van der Waals surface area contributed by atoms with E-state index in [0.717, 1.165) is 26.8 Å². The van der Waals surface area contributed by atoms with Gasteiger partial charge in [-0.05, 0) is 24.5 Å². The van der Waals surface area contributed by atoms with Crippen LogP contribution in [0.1, 0.15) is 55.5 Å². The third-order valence-corrected chi connectivity index (χ3v) is 7.70. The average molecular weight is 430 g/mol. The average Bonchev–Trinajstić information content (AvgIpc) is 3.45. The van der Waals surface area contributed by atoms with Crippen LogP contribution in [0.3, 0.4) is 0 Å². The van der Waals surface area contributed by atoms with Crippen LogP contribution < -0.4 is 10.0 Å². The number of anilines is 1. The lowest BCUT2D eigenvalue weighted by atomic mass is 9.90. The van der Waals surface area contributed by atoms with Crippen LogP contribution in [-0.4, -0.2) is 25.7 Å². The Bertz CT molecular complexity index is 948. The van der Waals surface area contributed by atoms with Gasteiger partial charge in [-0.3, -0.25) is 0 Å². The van der Waals surface area contributed by atoms with Crippen molar-refractivity contribution in [1.29, 1.82) is 0 Å². The summed E-state index contributed by atoms with van der Waals surface area (Å²) in [6, 6.07) is 6.17. The van der Waals surface area contributed by atoms with E-state index in [4.69, 9.17) is 4.98 Å². The molecular formula is C21H27N5OS2. The Morgan fingerprint density at radius 2 is 2.10 bits per heavy atom. The molecule has 1 unspecified atom stereocenters. The molecule has 3 N–H and O–H groups in total. The van der Waals surface area contributed by atoms with Crippen LogP contribution in [0.25, 0.3) is 10.4 Å². The van der Waals surface area contributed by atoms with Gasteiger partial charge < -0.3 is 10.3 Å². The van der Waals surface area contributed by atoms with Crippen molar-refractivity contribution in [3.05, 3.63) is 47.4 Å². The van der Waals surface area contributed by atoms with Crippen LogP contribution in [-0.2, 0) is 17.5 Å². The van der Waals surface area contributed by atoms with E-state index in [1.54, 1.807) is 23.7 Å². The number of rotatable bonds is 8. The van der Waals surface area contributed by atoms with Gasteiger partial charge >= 0.3 is 0 Å². The topological polar surface area (TPSA) is 82.7 Å². The number of H-pyrrole nitrogens is 1. The maximum Gasteiger partial charge on any atom is 0.200 e. The van der Waals surface area contributed by atoms with E-state index in [9.17, 15) is 4.21 Å². The van der Waals surface area contributed by atoms with Crippen LogP contribution in [0.2, 0.25) is 0 Å². The van der Waals surface area contributed by atoms with Gasteiger partial charge in [0, 0.05) is 43.2 Å². The van der Waals surface area contributed by atoms with Gasteiger partial charge in [0.1, 0.15) is 11.0 Å². The first kappa shape index (κ1) is 20.3. The summed E-state index contributed by atoms with van der Waals surface area (Å²) >= 11 is 1.76. The molecule has 4 rings (SSSR count). The molecule has 0 aliphatic heterocycles. The summed E-state index contributed by atoms with van der Waals surface area (Å²) in [7, 11) is -1.26. The maximum absolute atomic E-state index is 12.9. The third kappa shape index (κ3) is 4.94. The minimum absolute atomic E-state index is 0.585. The fourth-order valence-corrected chi connectivity index (χ4v) is 5.99. The van der Waals surface area contributed by atoms with Crippen LogP contribution >= 0.6 is 11.3 Å². The van der Waals surface area contributed by atoms with Crippen LogP contribution in [0.15, 0.2) is 41.7 Å². The summed E-state index contributed by atoms with van der Waals surface area (Å²) in [5, 5.41) is 4.48. The lowest BCUT2D eigenvalue weighted by molar-refractivity contribution is 0.442. The number of hydrogen-bond acceptors (Lipinski definition) is 5. The highest BCUT2D eigenvalue weighted by molar-refractivity contribution is 7.83. The standard InChI is InChI=1S/C21H27N5OS2/c1-2-26-29(27)19-12-15(13-25-21-22-10-11-23-21)8-9-17(19)18-14-24-20(28-18)16-6-4-3-5-7-16/h8-12,14,16,26H,2-7,13H2,1H3,(H2,22,23,25). The van der Waals surface area contributed by atoms with Gasteiger partial charge in [-0.25, -0.2) is 18.9 Å². The summed E-state index contributed by atoms with van der Waals surface area (Å²) < 4.78 is 15.9. The number of nitrogens with one attached hydrogen (secondary N) is 3. The molecule has 1 aliphatic rings. The molecule has 0 amide bonds. The SMILES string of the molecule is CCNS(=O)c1cc(CNc2ncc[nH]2)ccc1-c1cnc(C2CCCCC2)s1. The molecule has 0 bridgehead atoms. The molecule has 1 aliphatic carbocycles. The Morgan fingerprint density at radius 3 is 2.86 bits per heavy atom. The Kier molecular flexibility index (Phi) is 6.74. The summed E-state index contributed by atoms with van der Waals surface area (Å²) in [6.45, 7) is 3.23. The van der Waals surface area contributed by atoms with Gasteiger partial charge in [0.25, 0.3) is 0 Å². The van der Waals surface area contributed by atoms with E-state index in [1.165, 1.54) is 37.1 Å². The number of benzene rings is 1. The zero-order valence-corrected chi connectivity index (χ0v) is 18.2. The number of nitrogens with zero attached hydrogens (tertiary/aromatic N) is 2. The number of imidazole rings is 1. The molecule has 2 heterocycles. The third-order valence-electron chi connectivity index (χ3n) is 5.22. The molecule has 1 fully saturated rings. The number of thiazole rings is 1. The van der Waals surface area contributed by atoms with Gasteiger partial charge in [-0.1, -0.05) is 38.3 Å². The van der Waals surface area contributed by atoms with Crippen LogP contribution in [0.4, 0.5) is 5.95 Å². The van der Waals surface area contributed by atoms with Gasteiger partial charge in [0.15, 0.2) is 5.95 Å². The van der Waals surface area contributed by atoms with E-state index >= 15 is 0 Å². The van der Waals surface area contributed by atoms with Crippen molar-refractivity contribution in [3.63, 3.8) is 0 Å². The summed E-state index contributed by atoms with van der Waals surface area (Å²) in [5.41, 5.74) is 2.06. The molecule has 1 aromatic carbocycles. The quantitative estimate of drug-likeness (QED) is 0.479. The zero-order chi connectivity index (χ0) is 20.1. The van der Waals surface area contributed by atoms with Crippen molar-refractivity contribution in [2.24, 2.45) is 0 Å². The second-order valence-corrected chi connectivity index (χ2v) is 9.61.